The van der Waals surface area contributed by atoms with E-state index in [9.17, 15) is 9.59 Å². The minimum atomic E-state index is -0.853. The van der Waals surface area contributed by atoms with Crippen LogP contribution in [-0.2, 0) is 20.0 Å². The lowest BCUT2D eigenvalue weighted by atomic mass is 9.97. The first kappa shape index (κ1) is 19.8. The monoisotopic (exact) mass is 384 g/mol. The average molecular weight is 384 g/mol. The third kappa shape index (κ3) is 4.31. The van der Waals surface area contributed by atoms with E-state index >= 15 is 0 Å². The van der Waals surface area contributed by atoms with Crippen LogP contribution in [0.1, 0.15) is 42.1 Å². The number of rotatable bonds is 8. The van der Waals surface area contributed by atoms with E-state index in [1.807, 2.05) is 30.3 Å². The van der Waals surface area contributed by atoms with Crippen LogP contribution in [0.4, 0.5) is 0 Å². The molecule has 148 valence electrons. The van der Waals surface area contributed by atoms with Gasteiger partial charge in [0.2, 0.25) is 0 Å². The van der Waals surface area contributed by atoms with E-state index < -0.39 is 17.8 Å². The number of benzene rings is 1. The molecule has 0 bridgehead atoms. The van der Waals surface area contributed by atoms with E-state index in [1.165, 1.54) is 25.6 Å². The number of esters is 1. The van der Waals surface area contributed by atoms with Crippen molar-refractivity contribution in [3.05, 3.63) is 59.9 Å². The van der Waals surface area contributed by atoms with Gasteiger partial charge in [-0.1, -0.05) is 43.7 Å². The maximum Gasteiger partial charge on any atom is 0.339 e. The third-order valence-corrected chi connectivity index (χ3v) is 4.62. The van der Waals surface area contributed by atoms with E-state index in [4.69, 9.17) is 9.47 Å². The van der Waals surface area contributed by atoms with Crippen LogP contribution in [0.2, 0.25) is 0 Å². The van der Waals surface area contributed by atoms with Crippen molar-refractivity contribution in [1.82, 2.24) is 10.3 Å². The molecule has 7 nitrogen and oxygen atoms in total. The number of ether oxygens (including phenoxy) is 3. The molecule has 0 radical (unpaired) electrons. The summed E-state index contributed by atoms with van der Waals surface area (Å²) in [5.74, 6) is -0.363. The molecule has 1 fully saturated rings. The molecule has 7 heteroatoms. The Morgan fingerprint density at radius 2 is 2.07 bits per heavy atom. The highest BCUT2D eigenvalue weighted by atomic mass is 16.6. The van der Waals surface area contributed by atoms with Crippen molar-refractivity contribution >= 4 is 11.9 Å². The molecular formula is C21H24N2O5. The largest absolute Gasteiger partial charge is 0.489 e. The van der Waals surface area contributed by atoms with Gasteiger partial charge in [-0.25, -0.2) is 4.79 Å². The smallest absolute Gasteiger partial charge is 0.339 e. The van der Waals surface area contributed by atoms with Gasteiger partial charge in [0.25, 0.3) is 5.91 Å². The van der Waals surface area contributed by atoms with Gasteiger partial charge in [0.05, 0.1) is 18.9 Å². The number of hydrogen-bond donors (Lipinski definition) is 1. The van der Waals surface area contributed by atoms with Crippen molar-refractivity contribution in [3.63, 3.8) is 0 Å². The number of methoxy groups -OCH3 is 1. The van der Waals surface area contributed by atoms with Crippen LogP contribution in [0.3, 0.4) is 0 Å². The van der Waals surface area contributed by atoms with Crippen molar-refractivity contribution in [2.45, 2.75) is 38.0 Å². The Morgan fingerprint density at radius 1 is 1.29 bits per heavy atom. The predicted octanol–water partition coefficient (Wildman–Crippen LogP) is 2.81. The lowest BCUT2D eigenvalue weighted by molar-refractivity contribution is -0.126. The summed E-state index contributed by atoms with van der Waals surface area (Å²) < 4.78 is 16.5. The molecule has 1 aromatic carbocycles. The fourth-order valence-electron chi connectivity index (χ4n) is 3.15. The van der Waals surface area contributed by atoms with Gasteiger partial charge >= 0.3 is 5.97 Å². The molecule has 3 rings (SSSR count). The number of nitrogens with one attached hydrogen (secondary N) is 1. The number of unbranched alkanes of at least 4 members (excludes halogenated alkanes) is 1. The summed E-state index contributed by atoms with van der Waals surface area (Å²) >= 11 is 0. The predicted molar refractivity (Wildman–Crippen MR) is 102 cm³/mol. The summed E-state index contributed by atoms with van der Waals surface area (Å²) in [5, 5.41) is 3.01. The van der Waals surface area contributed by atoms with Crippen LogP contribution in [0, 0.1) is 0 Å². The van der Waals surface area contributed by atoms with Gasteiger partial charge in [0.15, 0.2) is 11.8 Å². The number of carbonyl (C=O) groups is 2. The van der Waals surface area contributed by atoms with Crippen LogP contribution >= 0.6 is 0 Å². The van der Waals surface area contributed by atoms with E-state index in [0.717, 1.165) is 18.4 Å². The Hall–Kier alpha value is -2.93. The second-order valence-electron chi connectivity index (χ2n) is 6.60. The van der Waals surface area contributed by atoms with E-state index in [1.54, 1.807) is 0 Å². The van der Waals surface area contributed by atoms with E-state index in [2.05, 4.69) is 22.0 Å². The number of amides is 1. The Labute approximate surface area is 164 Å². The van der Waals surface area contributed by atoms with Gasteiger partial charge in [-0.2, -0.15) is 0 Å². The van der Waals surface area contributed by atoms with Crippen molar-refractivity contribution in [2.75, 3.05) is 13.7 Å². The van der Waals surface area contributed by atoms with E-state index in [0.29, 0.717) is 12.2 Å². The molecule has 1 N–H and O–H groups in total. The van der Waals surface area contributed by atoms with Crippen LogP contribution < -0.4 is 10.1 Å². The highest BCUT2D eigenvalue weighted by Crippen LogP contribution is 2.34. The second-order valence-corrected chi connectivity index (χ2v) is 6.60. The molecule has 2 aromatic rings. The number of hydrogen-bond acceptors (Lipinski definition) is 6. The summed E-state index contributed by atoms with van der Waals surface area (Å²) in [6, 6.07) is 11.2. The first-order valence-electron chi connectivity index (χ1n) is 9.29. The third-order valence-electron chi connectivity index (χ3n) is 4.62. The van der Waals surface area contributed by atoms with Crippen LogP contribution in [0.25, 0.3) is 0 Å². The molecule has 1 amide bonds. The lowest BCUT2D eigenvalue weighted by Gasteiger charge is -2.29. The Balaban J connectivity index is 1.72. The standard InChI is InChI=1S/C21H24N2O5/c1-3-4-10-21(16-8-6-5-7-9-16)23-19(24)18(28-21)14-27-17-11-15(12-22-13-17)20(25)26-2/h5-9,11-13,18H,3-4,10,14H2,1-2H3,(H,23,24). The van der Waals surface area contributed by atoms with E-state index in [-0.39, 0.29) is 18.1 Å². The highest BCUT2D eigenvalue weighted by Gasteiger charge is 2.46. The molecule has 28 heavy (non-hydrogen) atoms. The second kappa shape index (κ2) is 8.84. The molecule has 2 atom stereocenters. The molecular weight excluding hydrogens is 360 g/mol. The average Bonchev–Trinajstić information content (AvgIpc) is 3.07. The minimum absolute atomic E-state index is 0.0127. The van der Waals surface area contributed by atoms with Crippen LogP contribution in [-0.4, -0.2) is 36.7 Å². The normalized spacial score (nSPS) is 21.2. The molecule has 1 aromatic heterocycles. The zero-order valence-corrected chi connectivity index (χ0v) is 16.0. The van der Waals surface area contributed by atoms with Crippen molar-refractivity contribution in [1.29, 1.82) is 0 Å². The molecule has 0 saturated carbocycles. The lowest BCUT2D eigenvalue weighted by Crippen LogP contribution is -2.39. The minimum Gasteiger partial charge on any atom is -0.489 e. The molecule has 1 saturated heterocycles. The summed E-state index contributed by atoms with van der Waals surface area (Å²) in [6.45, 7) is 2.11. The van der Waals surface area contributed by atoms with Crippen molar-refractivity contribution in [2.24, 2.45) is 0 Å². The van der Waals surface area contributed by atoms with Gasteiger partial charge in [-0.15, -0.1) is 0 Å². The Morgan fingerprint density at radius 3 is 2.79 bits per heavy atom. The summed E-state index contributed by atoms with van der Waals surface area (Å²) in [4.78, 5) is 28.1. The maximum atomic E-state index is 12.6. The zero-order valence-electron chi connectivity index (χ0n) is 16.0. The fraction of sp³-hybridized carbons (Fsp3) is 0.381. The number of pyridine rings is 1. The summed E-state index contributed by atoms with van der Waals surface area (Å²) in [5.41, 5.74) is 0.334. The molecule has 0 spiro atoms. The Kier molecular flexibility index (Phi) is 6.26. The van der Waals surface area contributed by atoms with Crippen molar-refractivity contribution < 1.29 is 23.8 Å². The van der Waals surface area contributed by atoms with Gasteiger partial charge in [-0.3, -0.25) is 9.78 Å². The molecule has 0 aliphatic carbocycles. The maximum absolute atomic E-state index is 12.6. The van der Waals surface area contributed by atoms with Crippen LogP contribution in [0.5, 0.6) is 5.75 Å². The molecule has 2 unspecified atom stereocenters. The first-order chi connectivity index (χ1) is 13.6. The summed E-state index contributed by atoms with van der Waals surface area (Å²) in [6.07, 6.45) is 4.67. The van der Waals surface area contributed by atoms with Gasteiger partial charge in [0.1, 0.15) is 12.4 Å². The molecule has 1 aliphatic heterocycles. The topological polar surface area (TPSA) is 86.8 Å². The molecule has 2 heterocycles. The van der Waals surface area contributed by atoms with Crippen LogP contribution in [0.15, 0.2) is 48.8 Å². The SMILES string of the molecule is CCCCC1(c2ccccc2)NC(=O)C(COc2cncc(C(=O)OC)c2)O1. The Bertz CT molecular complexity index is 827. The van der Waals surface area contributed by atoms with Gasteiger partial charge in [-0.05, 0) is 18.9 Å². The van der Waals surface area contributed by atoms with Gasteiger partial charge in [0, 0.05) is 11.8 Å². The number of aromatic nitrogens is 1. The number of carbonyl (C=O) groups excluding carboxylic acids is 2. The quantitative estimate of drug-likeness (QED) is 0.705. The first-order valence-corrected chi connectivity index (χ1v) is 9.29. The van der Waals surface area contributed by atoms with Crippen molar-refractivity contribution in [3.8, 4) is 5.75 Å². The zero-order chi connectivity index (χ0) is 20.0. The fourth-order valence-corrected chi connectivity index (χ4v) is 3.15. The number of nitrogens with zero attached hydrogens (tertiary/aromatic N) is 1. The molecule has 1 aliphatic rings. The highest BCUT2D eigenvalue weighted by molar-refractivity contribution is 5.89. The summed E-state index contributed by atoms with van der Waals surface area (Å²) in [7, 11) is 1.30. The van der Waals surface area contributed by atoms with Gasteiger partial charge < -0.3 is 19.5 Å².